The van der Waals surface area contributed by atoms with Crippen molar-refractivity contribution in [1.29, 1.82) is 0 Å². The van der Waals surface area contributed by atoms with E-state index in [0.29, 0.717) is 24.5 Å². The summed E-state index contributed by atoms with van der Waals surface area (Å²) in [6.07, 6.45) is -3.99. The van der Waals surface area contributed by atoms with E-state index in [1.54, 1.807) is 18.2 Å². The van der Waals surface area contributed by atoms with Crippen molar-refractivity contribution in [3.8, 4) is 5.75 Å². The number of hydrogen-bond acceptors (Lipinski definition) is 3. The Labute approximate surface area is 165 Å². The molecule has 0 saturated heterocycles. The number of nitrogens with zero attached hydrogens (tertiary/aromatic N) is 1. The Bertz CT molecular complexity index is 544. The first kappa shape index (κ1) is 24.6. The number of para-hydroxylation sites is 1. The molecule has 0 amide bonds. The van der Waals surface area contributed by atoms with Gasteiger partial charge in [0.25, 0.3) is 0 Å². The molecule has 0 atom stereocenters. The summed E-state index contributed by atoms with van der Waals surface area (Å²) in [7, 11) is 1.51. The van der Waals surface area contributed by atoms with Crippen LogP contribution < -0.4 is 15.4 Å². The molecule has 11 heteroatoms. The first-order valence-corrected chi connectivity index (χ1v) is 7.43. The Morgan fingerprint density at radius 2 is 1.88 bits per heavy atom. The lowest BCUT2D eigenvalue weighted by Gasteiger charge is -2.14. The van der Waals surface area contributed by atoms with Crippen LogP contribution in [0.2, 0.25) is 0 Å². The SMILES string of the molecule is CN=C(NCCCOCC(F)(F)F)NCc1ccccc1OC(F)F.I. The van der Waals surface area contributed by atoms with Crippen LogP contribution in [0.5, 0.6) is 5.75 Å². The maximum atomic E-state index is 12.3. The van der Waals surface area contributed by atoms with Crippen molar-refractivity contribution in [2.75, 3.05) is 26.8 Å². The second-order valence-electron chi connectivity index (χ2n) is 4.86. The molecule has 1 aromatic carbocycles. The Morgan fingerprint density at radius 1 is 1.19 bits per heavy atom. The standard InChI is InChI=1S/C15H20F5N3O2.HI/c1-21-14(22-7-4-8-24-10-15(18,19)20)23-9-11-5-2-3-6-12(11)25-13(16)17;/h2-3,5-6,13H,4,7-10H2,1H3,(H2,21,22,23);1H. The van der Waals surface area contributed by atoms with E-state index < -0.39 is 19.4 Å². The van der Waals surface area contributed by atoms with Crippen LogP contribution in [0.15, 0.2) is 29.3 Å². The number of ether oxygens (including phenoxy) is 2. The van der Waals surface area contributed by atoms with E-state index >= 15 is 0 Å². The average molecular weight is 497 g/mol. The zero-order chi connectivity index (χ0) is 18.7. The van der Waals surface area contributed by atoms with E-state index in [1.165, 1.54) is 13.1 Å². The highest BCUT2D eigenvalue weighted by Gasteiger charge is 2.27. The molecular weight excluding hydrogens is 476 g/mol. The Hall–Kier alpha value is -1.37. The van der Waals surface area contributed by atoms with Crippen LogP contribution in [0.3, 0.4) is 0 Å². The molecule has 1 rings (SSSR count). The molecule has 0 radical (unpaired) electrons. The normalized spacial score (nSPS) is 11.9. The molecule has 0 bridgehead atoms. The molecule has 0 aromatic heterocycles. The van der Waals surface area contributed by atoms with E-state index in [-0.39, 0.29) is 42.9 Å². The van der Waals surface area contributed by atoms with Gasteiger partial charge >= 0.3 is 12.8 Å². The van der Waals surface area contributed by atoms with Gasteiger partial charge in [0.2, 0.25) is 0 Å². The van der Waals surface area contributed by atoms with E-state index in [9.17, 15) is 22.0 Å². The Kier molecular flexibility index (Phi) is 12.2. The van der Waals surface area contributed by atoms with E-state index in [1.807, 2.05) is 0 Å². The minimum absolute atomic E-state index is 0. The number of halogens is 6. The van der Waals surface area contributed by atoms with Crippen molar-refractivity contribution in [3.05, 3.63) is 29.8 Å². The molecule has 0 heterocycles. The first-order chi connectivity index (χ1) is 11.8. The molecule has 0 aliphatic carbocycles. The predicted octanol–water partition coefficient (Wildman–Crippen LogP) is 3.54. The molecule has 0 spiro atoms. The lowest BCUT2D eigenvalue weighted by atomic mass is 10.2. The predicted molar refractivity (Wildman–Crippen MR) is 98.2 cm³/mol. The summed E-state index contributed by atoms with van der Waals surface area (Å²) in [5, 5.41) is 5.79. The highest BCUT2D eigenvalue weighted by Crippen LogP contribution is 2.19. The fraction of sp³-hybridized carbons (Fsp3) is 0.533. The molecule has 0 saturated carbocycles. The van der Waals surface area contributed by atoms with Crippen LogP contribution in [0.1, 0.15) is 12.0 Å². The summed E-state index contributed by atoms with van der Waals surface area (Å²) in [5.41, 5.74) is 0.513. The fourth-order valence-corrected chi connectivity index (χ4v) is 1.83. The second-order valence-corrected chi connectivity index (χ2v) is 4.86. The zero-order valence-corrected chi connectivity index (χ0v) is 16.3. The molecule has 5 nitrogen and oxygen atoms in total. The third-order valence-electron chi connectivity index (χ3n) is 2.88. The molecule has 1 aromatic rings. The van der Waals surface area contributed by atoms with Gasteiger partial charge in [-0.25, -0.2) is 0 Å². The number of hydrogen-bond donors (Lipinski definition) is 2. The molecule has 2 N–H and O–H groups in total. The summed E-state index contributed by atoms with van der Waals surface area (Å²) in [6, 6.07) is 6.32. The summed E-state index contributed by atoms with van der Waals surface area (Å²) in [6.45, 7) is -3.72. The highest BCUT2D eigenvalue weighted by molar-refractivity contribution is 14.0. The van der Waals surface area contributed by atoms with E-state index in [2.05, 4.69) is 25.1 Å². The number of benzene rings is 1. The number of alkyl halides is 5. The molecule has 26 heavy (non-hydrogen) atoms. The third-order valence-corrected chi connectivity index (χ3v) is 2.88. The van der Waals surface area contributed by atoms with Gasteiger partial charge in [0.15, 0.2) is 5.96 Å². The van der Waals surface area contributed by atoms with Crippen LogP contribution in [0, 0.1) is 0 Å². The summed E-state index contributed by atoms with van der Waals surface area (Å²) < 4.78 is 69.3. The van der Waals surface area contributed by atoms with E-state index in [0.717, 1.165) is 0 Å². The van der Waals surface area contributed by atoms with Crippen LogP contribution in [0.25, 0.3) is 0 Å². The van der Waals surface area contributed by atoms with Crippen molar-refractivity contribution in [2.45, 2.75) is 25.8 Å². The van der Waals surface area contributed by atoms with E-state index in [4.69, 9.17) is 0 Å². The topological polar surface area (TPSA) is 54.9 Å². The highest BCUT2D eigenvalue weighted by atomic mass is 127. The summed E-state index contributed by atoms with van der Waals surface area (Å²) >= 11 is 0. The second kappa shape index (κ2) is 12.9. The van der Waals surface area contributed by atoms with Gasteiger partial charge < -0.3 is 20.1 Å². The van der Waals surface area contributed by atoms with Gasteiger partial charge in [0.05, 0.1) is 0 Å². The molecule has 0 aliphatic heterocycles. The fourth-order valence-electron chi connectivity index (χ4n) is 1.83. The van der Waals surface area contributed by atoms with Crippen molar-refractivity contribution in [2.24, 2.45) is 4.99 Å². The lowest BCUT2D eigenvalue weighted by molar-refractivity contribution is -0.173. The largest absolute Gasteiger partial charge is 0.434 e. The van der Waals surface area contributed by atoms with Gasteiger partial charge in [-0.2, -0.15) is 22.0 Å². The molecule has 0 fully saturated rings. The molecule has 150 valence electrons. The minimum Gasteiger partial charge on any atom is -0.434 e. The van der Waals surface area contributed by atoms with Crippen LogP contribution in [0.4, 0.5) is 22.0 Å². The molecule has 0 unspecified atom stereocenters. The Balaban J connectivity index is 0.00000625. The van der Waals surface area contributed by atoms with Gasteiger partial charge in [0.1, 0.15) is 12.4 Å². The zero-order valence-electron chi connectivity index (χ0n) is 14.0. The number of guanidine groups is 1. The smallest absolute Gasteiger partial charge is 0.411 e. The van der Waals surface area contributed by atoms with Crippen LogP contribution >= 0.6 is 24.0 Å². The number of nitrogens with one attached hydrogen (secondary N) is 2. The summed E-state index contributed by atoms with van der Waals surface area (Å²) in [5.74, 6) is 0.434. The lowest BCUT2D eigenvalue weighted by Crippen LogP contribution is -2.37. The summed E-state index contributed by atoms with van der Waals surface area (Å²) in [4.78, 5) is 3.94. The molecule has 0 aliphatic rings. The number of rotatable bonds is 9. The van der Waals surface area contributed by atoms with Crippen molar-refractivity contribution in [1.82, 2.24) is 10.6 Å². The van der Waals surface area contributed by atoms with Gasteiger partial charge in [-0.15, -0.1) is 24.0 Å². The van der Waals surface area contributed by atoms with Crippen molar-refractivity contribution in [3.63, 3.8) is 0 Å². The van der Waals surface area contributed by atoms with Crippen molar-refractivity contribution < 1.29 is 31.4 Å². The quantitative estimate of drug-likeness (QED) is 0.180. The first-order valence-electron chi connectivity index (χ1n) is 7.43. The third kappa shape index (κ3) is 11.3. The van der Waals surface area contributed by atoms with Crippen LogP contribution in [-0.4, -0.2) is 45.6 Å². The molecular formula is C15H21F5IN3O2. The average Bonchev–Trinajstić information content (AvgIpc) is 2.53. The number of aliphatic imine (C=N–C) groups is 1. The van der Waals surface area contributed by atoms with Gasteiger partial charge in [0, 0.05) is 32.3 Å². The monoisotopic (exact) mass is 497 g/mol. The van der Waals surface area contributed by atoms with Crippen LogP contribution in [-0.2, 0) is 11.3 Å². The van der Waals surface area contributed by atoms with Gasteiger partial charge in [-0.05, 0) is 12.5 Å². The van der Waals surface area contributed by atoms with Gasteiger partial charge in [-0.3, -0.25) is 4.99 Å². The van der Waals surface area contributed by atoms with Crippen molar-refractivity contribution >= 4 is 29.9 Å². The maximum absolute atomic E-state index is 12.3. The van der Waals surface area contributed by atoms with Gasteiger partial charge in [-0.1, -0.05) is 18.2 Å². The Morgan fingerprint density at radius 3 is 2.50 bits per heavy atom. The maximum Gasteiger partial charge on any atom is 0.411 e. The minimum atomic E-state index is -4.33.